The highest BCUT2D eigenvalue weighted by Gasteiger charge is 2.18. The lowest BCUT2D eigenvalue weighted by atomic mass is 9.97. The lowest BCUT2D eigenvalue weighted by Gasteiger charge is -2.12. The zero-order valence-electron chi connectivity index (χ0n) is 24.1. The molecule has 0 amide bonds. The van der Waals surface area contributed by atoms with Gasteiger partial charge in [-0.15, -0.1) is 0 Å². The van der Waals surface area contributed by atoms with Crippen LogP contribution in [0.5, 0.6) is 0 Å². The average Bonchev–Trinajstić information content (AvgIpc) is 3.51. The second kappa shape index (κ2) is 10.2. The standard InChI is InChI=1S/C40H24N4O/c1-3-11-26(12-4-1)38-42-39(27-13-5-2-6-14-27)44-40(43-38)28-21-19-25(20-22-28)36-32-24-23-30-29-15-8-10-18-34(29)45-37(30)35(32)31-16-7-9-17-33(31)41-36/h1-24H. The number of hydrogen-bond donors (Lipinski definition) is 0. The van der Waals surface area contributed by atoms with Crippen LogP contribution in [0.15, 0.2) is 150 Å². The summed E-state index contributed by atoms with van der Waals surface area (Å²) in [7, 11) is 0. The second-order valence-electron chi connectivity index (χ2n) is 11.1. The van der Waals surface area contributed by atoms with Crippen LogP contribution in [0, 0.1) is 0 Å². The third kappa shape index (κ3) is 4.25. The topological polar surface area (TPSA) is 64.7 Å². The monoisotopic (exact) mass is 576 g/mol. The predicted molar refractivity (Wildman–Crippen MR) is 182 cm³/mol. The van der Waals surface area contributed by atoms with Crippen molar-refractivity contribution in [3.05, 3.63) is 146 Å². The Morgan fingerprint density at radius 1 is 0.356 bits per heavy atom. The van der Waals surface area contributed by atoms with Crippen LogP contribution in [0.2, 0.25) is 0 Å². The minimum Gasteiger partial charge on any atom is -0.455 e. The van der Waals surface area contributed by atoms with Gasteiger partial charge in [-0.25, -0.2) is 19.9 Å². The number of hydrogen-bond acceptors (Lipinski definition) is 5. The summed E-state index contributed by atoms with van der Waals surface area (Å²) < 4.78 is 6.49. The van der Waals surface area contributed by atoms with Crippen molar-refractivity contribution < 1.29 is 4.42 Å². The molecule has 6 aromatic carbocycles. The fourth-order valence-corrected chi connectivity index (χ4v) is 6.15. The van der Waals surface area contributed by atoms with Gasteiger partial charge in [-0.05, 0) is 18.2 Å². The third-order valence-corrected chi connectivity index (χ3v) is 8.32. The number of fused-ring (bicyclic) bond motifs is 7. The molecule has 0 N–H and O–H groups in total. The predicted octanol–water partition coefficient (Wildman–Crippen LogP) is 10.1. The van der Waals surface area contributed by atoms with Gasteiger partial charge in [0.2, 0.25) is 0 Å². The summed E-state index contributed by atoms with van der Waals surface area (Å²) in [5.41, 5.74) is 7.40. The number of nitrogens with zero attached hydrogens (tertiary/aromatic N) is 4. The fraction of sp³-hybridized carbons (Fsp3) is 0. The highest BCUT2D eigenvalue weighted by atomic mass is 16.3. The van der Waals surface area contributed by atoms with Crippen LogP contribution < -0.4 is 0 Å². The Hall–Kier alpha value is -6.20. The zero-order chi connectivity index (χ0) is 29.7. The van der Waals surface area contributed by atoms with Crippen LogP contribution in [0.3, 0.4) is 0 Å². The van der Waals surface area contributed by atoms with E-state index in [0.29, 0.717) is 17.5 Å². The summed E-state index contributed by atoms with van der Waals surface area (Å²) in [6, 6.07) is 49.2. The Kier molecular flexibility index (Phi) is 5.74. The number of aromatic nitrogens is 4. The molecule has 0 bridgehead atoms. The van der Waals surface area contributed by atoms with E-state index in [1.165, 1.54) is 0 Å². The van der Waals surface area contributed by atoms with Gasteiger partial charge in [0.1, 0.15) is 11.2 Å². The van der Waals surface area contributed by atoms with E-state index in [4.69, 9.17) is 24.4 Å². The van der Waals surface area contributed by atoms with Gasteiger partial charge < -0.3 is 4.42 Å². The van der Waals surface area contributed by atoms with Crippen molar-refractivity contribution >= 4 is 43.6 Å². The van der Waals surface area contributed by atoms with Crippen molar-refractivity contribution in [3.63, 3.8) is 0 Å². The van der Waals surface area contributed by atoms with Crippen molar-refractivity contribution in [1.82, 2.24) is 19.9 Å². The molecule has 0 aliphatic heterocycles. The summed E-state index contributed by atoms with van der Waals surface area (Å²) >= 11 is 0. The van der Waals surface area contributed by atoms with Crippen molar-refractivity contribution in [3.8, 4) is 45.4 Å². The SMILES string of the molecule is c1ccc(-c2nc(-c3ccccc3)nc(-c3ccc(-c4nc5ccccc5c5c4ccc4c6ccccc6oc45)cc3)n2)cc1. The van der Waals surface area contributed by atoms with Gasteiger partial charge in [0.25, 0.3) is 0 Å². The summed E-state index contributed by atoms with van der Waals surface area (Å²) in [6.07, 6.45) is 0. The molecule has 3 heterocycles. The first-order valence-electron chi connectivity index (χ1n) is 14.9. The zero-order valence-corrected chi connectivity index (χ0v) is 24.1. The first-order valence-corrected chi connectivity index (χ1v) is 14.9. The van der Waals surface area contributed by atoms with Crippen LogP contribution in [0.1, 0.15) is 0 Å². The average molecular weight is 577 g/mol. The van der Waals surface area contributed by atoms with Crippen molar-refractivity contribution in [1.29, 1.82) is 0 Å². The molecule has 9 aromatic rings. The molecular weight excluding hydrogens is 552 g/mol. The molecular formula is C40H24N4O. The Labute approximate surface area is 258 Å². The summed E-state index contributed by atoms with van der Waals surface area (Å²) in [4.78, 5) is 19.8. The van der Waals surface area contributed by atoms with E-state index in [0.717, 1.165) is 71.6 Å². The molecule has 45 heavy (non-hydrogen) atoms. The molecule has 0 aliphatic rings. The molecule has 0 unspecified atom stereocenters. The van der Waals surface area contributed by atoms with Gasteiger partial charge in [-0.1, -0.05) is 127 Å². The molecule has 5 nitrogen and oxygen atoms in total. The smallest absolute Gasteiger partial charge is 0.164 e. The molecule has 0 spiro atoms. The van der Waals surface area contributed by atoms with Gasteiger partial charge >= 0.3 is 0 Å². The maximum Gasteiger partial charge on any atom is 0.164 e. The van der Waals surface area contributed by atoms with E-state index in [1.807, 2.05) is 78.9 Å². The molecule has 0 aliphatic carbocycles. The lowest BCUT2D eigenvalue weighted by Crippen LogP contribution is -2.00. The minimum absolute atomic E-state index is 0.620. The quantitative estimate of drug-likeness (QED) is 0.195. The van der Waals surface area contributed by atoms with E-state index in [2.05, 4.69) is 66.7 Å². The Bertz CT molecular complexity index is 2460. The molecule has 0 fully saturated rings. The van der Waals surface area contributed by atoms with Crippen LogP contribution in [-0.4, -0.2) is 19.9 Å². The maximum atomic E-state index is 6.49. The van der Waals surface area contributed by atoms with Crippen molar-refractivity contribution in [2.24, 2.45) is 0 Å². The van der Waals surface area contributed by atoms with Crippen LogP contribution in [0.25, 0.3) is 89.0 Å². The van der Waals surface area contributed by atoms with Gasteiger partial charge in [-0.3, -0.25) is 0 Å². The van der Waals surface area contributed by atoms with Crippen LogP contribution in [-0.2, 0) is 0 Å². The minimum atomic E-state index is 0.620. The number of rotatable bonds is 4. The van der Waals surface area contributed by atoms with Crippen LogP contribution in [0.4, 0.5) is 0 Å². The van der Waals surface area contributed by atoms with Gasteiger partial charge in [0, 0.05) is 49.2 Å². The van der Waals surface area contributed by atoms with Gasteiger partial charge in [0.05, 0.1) is 11.2 Å². The third-order valence-electron chi connectivity index (χ3n) is 8.32. The first kappa shape index (κ1) is 25.3. The first-order chi connectivity index (χ1) is 22.3. The Morgan fingerprint density at radius 2 is 0.867 bits per heavy atom. The number of benzene rings is 6. The summed E-state index contributed by atoms with van der Waals surface area (Å²) in [5, 5.41) is 5.42. The molecule has 3 aromatic heterocycles. The van der Waals surface area contributed by atoms with E-state index in [-0.39, 0.29) is 0 Å². The number of furan rings is 1. The Morgan fingerprint density at radius 3 is 1.53 bits per heavy atom. The molecule has 5 heteroatoms. The lowest BCUT2D eigenvalue weighted by molar-refractivity contribution is 0.673. The van der Waals surface area contributed by atoms with E-state index in [9.17, 15) is 0 Å². The fourth-order valence-electron chi connectivity index (χ4n) is 6.15. The van der Waals surface area contributed by atoms with Crippen molar-refractivity contribution in [2.75, 3.05) is 0 Å². The molecule has 0 saturated heterocycles. The molecule has 0 atom stereocenters. The molecule has 0 saturated carbocycles. The van der Waals surface area contributed by atoms with Gasteiger partial charge in [0.15, 0.2) is 17.5 Å². The number of para-hydroxylation sites is 2. The van der Waals surface area contributed by atoms with Crippen molar-refractivity contribution in [2.45, 2.75) is 0 Å². The van der Waals surface area contributed by atoms with Gasteiger partial charge in [-0.2, -0.15) is 0 Å². The highest BCUT2D eigenvalue weighted by Crippen LogP contribution is 2.40. The van der Waals surface area contributed by atoms with E-state index in [1.54, 1.807) is 0 Å². The highest BCUT2D eigenvalue weighted by molar-refractivity contribution is 6.24. The molecule has 210 valence electrons. The largest absolute Gasteiger partial charge is 0.455 e. The summed E-state index contributed by atoms with van der Waals surface area (Å²) in [6.45, 7) is 0. The molecule has 9 rings (SSSR count). The van der Waals surface area contributed by atoms with E-state index < -0.39 is 0 Å². The Balaban J connectivity index is 1.21. The number of pyridine rings is 1. The van der Waals surface area contributed by atoms with E-state index >= 15 is 0 Å². The normalized spacial score (nSPS) is 11.6. The molecule has 0 radical (unpaired) electrons. The van der Waals surface area contributed by atoms with Crippen LogP contribution >= 0.6 is 0 Å². The second-order valence-corrected chi connectivity index (χ2v) is 11.1. The summed E-state index contributed by atoms with van der Waals surface area (Å²) in [5.74, 6) is 1.90. The maximum absolute atomic E-state index is 6.49.